The van der Waals surface area contributed by atoms with Gasteiger partial charge in [-0.1, -0.05) is 57.3 Å². The summed E-state index contributed by atoms with van der Waals surface area (Å²) in [5, 5.41) is 5.72. The van der Waals surface area contributed by atoms with Crippen molar-refractivity contribution in [1.82, 2.24) is 26.0 Å². The number of rotatable bonds is 9. The van der Waals surface area contributed by atoms with E-state index >= 15 is 0 Å². The van der Waals surface area contributed by atoms with Gasteiger partial charge in [-0.3, -0.25) is 29.4 Å². The molecular formula is C24H35Cl2F2N5O5. The van der Waals surface area contributed by atoms with Gasteiger partial charge in [0.15, 0.2) is 0 Å². The molecule has 8 atom stereocenters. The average Bonchev–Trinajstić information content (AvgIpc) is 3.18. The van der Waals surface area contributed by atoms with E-state index in [-0.39, 0.29) is 36.2 Å². The topological polar surface area (TPSA) is 128 Å². The van der Waals surface area contributed by atoms with Crippen molar-refractivity contribution < 1.29 is 32.8 Å². The van der Waals surface area contributed by atoms with Gasteiger partial charge in [0.05, 0.1) is 12.5 Å². The van der Waals surface area contributed by atoms with E-state index in [4.69, 9.17) is 23.2 Å². The number of alkyl halides is 4. The zero-order valence-corrected chi connectivity index (χ0v) is 23.3. The van der Waals surface area contributed by atoms with E-state index in [1.165, 1.54) is 4.90 Å². The molecule has 38 heavy (non-hydrogen) atoms. The zero-order valence-electron chi connectivity index (χ0n) is 21.8. The lowest BCUT2D eigenvalue weighted by Crippen LogP contribution is -2.61. The van der Waals surface area contributed by atoms with Gasteiger partial charge in [0, 0.05) is 13.1 Å². The van der Waals surface area contributed by atoms with Crippen molar-refractivity contribution in [2.45, 2.75) is 70.3 Å². The van der Waals surface area contributed by atoms with Crippen LogP contribution < -0.4 is 16.1 Å². The highest BCUT2D eigenvalue weighted by atomic mass is 35.5. The molecule has 0 bridgehead atoms. The number of hydrogen-bond donors (Lipinski definition) is 3. The van der Waals surface area contributed by atoms with Gasteiger partial charge >= 0.3 is 0 Å². The maximum atomic E-state index is 13.8. The molecule has 14 heteroatoms. The van der Waals surface area contributed by atoms with E-state index in [1.54, 1.807) is 13.8 Å². The Balaban J connectivity index is 1.85. The van der Waals surface area contributed by atoms with Crippen molar-refractivity contribution in [3.63, 3.8) is 0 Å². The highest BCUT2D eigenvalue weighted by Gasteiger charge is 2.69. The van der Waals surface area contributed by atoms with Gasteiger partial charge in [0.2, 0.25) is 11.8 Å². The van der Waals surface area contributed by atoms with Gasteiger partial charge < -0.3 is 15.5 Å². The fourth-order valence-electron chi connectivity index (χ4n) is 5.63. The third-order valence-electron chi connectivity index (χ3n) is 8.24. The van der Waals surface area contributed by atoms with Crippen LogP contribution in [0.1, 0.15) is 47.0 Å². The fraction of sp³-hybridized carbons (Fsp3) is 0.792. The summed E-state index contributed by atoms with van der Waals surface area (Å²) in [6.45, 7) is 7.80. The minimum absolute atomic E-state index is 0.0346. The molecule has 2 heterocycles. The van der Waals surface area contributed by atoms with Crippen molar-refractivity contribution in [1.29, 1.82) is 0 Å². The molecule has 0 aromatic rings. The number of nitrogens with zero attached hydrogens (tertiary/aromatic N) is 2. The second kappa shape index (κ2) is 11.9. The minimum atomic E-state index is -2.46. The molecule has 10 nitrogen and oxygen atoms in total. The Labute approximate surface area is 230 Å². The zero-order chi connectivity index (χ0) is 28.5. The van der Waals surface area contributed by atoms with Crippen LogP contribution in [-0.4, -0.2) is 82.4 Å². The Bertz CT molecular complexity index is 968. The number of nitrogens with one attached hydrogen (secondary N) is 3. The second-order valence-corrected chi connectivity index (χ2v) is 11.7. The number of hydrogen-bond acceptors (Lipinski definition) is 5. The summed E-state index contributed by atoms with van der Waals surface area (Å²) in [6.07, 6.45) is 1.56. The molecule has 1 aliphatic carbocycles. The van der Waals surface area contributed by atoms with Crippen molar-refractivity contribution >= 4 is 52.7 Å². The predicted molar refractivity (Wildman–Crippen MR) is 135 cm³/mol. The van der Waals surface area contributed by atoms with Gasteiger partial charge in [0.25, 0.3) is 29.0 Å². The van der Waals surface area contributed by atoms with Crippen LogP contribution in [0, 0.1) is 29.1 Å². The number of piperidine rings is 2. The Morgan fingerprint density at radius 1 is 1.21 bits per heavy atom. The van der Waals surface area contributed by atoms with Crippen LogP contribution in [-0.2, 0) is 24.0 Å². The molecule has 3 aliphatic rings. The molecule has 0 spiro atoms. The third-order valence-corrected chi connectivity index (χ3v) is 8.62. The normalized spacial score (nSPS) is 28.7. The molecule has 2 aliphatic heterocycles. The van der Waals surface area contributed by atoms with Crippen molar-refractivity contribution in [2.75, 3.05) is 19.6 Å². The number of carbonyl (C=O) groups is 5. The summed E-state index contributed by atoms with van der Waals surface area (Å²) >= 11 is 10.7. The van der Waals surface area contributed by atoms with E-state index in [2.05, 4.69) is 16.1 Å². The largest absolute Gasteiger partial charge is 0.356 e. The van der Waals surface area contributed by atoms with Crippen molar-refractivity contribution in [3.05, 3.63) is 0 Å². The average molecular weight is 582 g/mol. The smallest absolute Gasteiger partial charge is 0.291 e. The second-order valence-electron chi connectivity index (χ2n) is 10.9. The molecule has 3 rings (SSSR count). The lowest BCUT2D eigenvalue weighted by atomic mass is 9.95. The van der Waals surface area contributed by atoms with Crippen LogP contribution in [0.3, 0.4) is 0 Å². The van der Waals surface area contributed by atoms with Gasteiger partial charge in [-0.05, 0) is 36.0 Å². The molecule has 0 aromatic carbocycles. The quantitative estimate of drug-likeness (QED) is 0.280. The van der Waals surface area contributed by atoms with Gasteiger partial charge in [-0.2, -0.15) is 0 Å². The van der Waals surface area contributed by atoms with Gasteiger partial charge in [-0.15, -0.1) is 0 Å². The lowest BCUT2D eigenvalue weighted by Gasteiger charge is -2.36. The van der Waals surface area contributed by atoms with E-state index in [0.717, 1.165) is 0 Å². The first-order valence-electron chi connectivity index (χ1n) is 12.8. The van der Waals surface area contributed by atoms with E-state index in [1.807, 2.05) is 13.8 Å². The molecule has 1 saturated carbocycles. The van der Waals surface area contributed by atoms with Crippen LogP contribution in [0.15, 0.2) is 0 Å². The Morgan fingerprint density at radius 3 is 2.42 bits per heavy atom. The first kappa shape index (κ1) is 30.3. The number of fused-ring (bicyclic) bond motifs is 1. The molecule has 0 radical (unpaired) electrons. The number of carbonyl (C=O) groups excluding carboxylic acids is 5. The molecule has 5 amide bonds. The summed E-state index contributed by atoms with van der Waals surface area (Å²) in [7, 11) is 0. The van der Waals surface area contributed by atoms with Crippen LogP contribution >= 0.6 is 23.2 Å². The van der Waals surface area contributed by atoms with Crippen molar-refractivity contribution in [3.8, 4) is 0 Å². The standard InChI is InChI=1S/C24H35Cl2F2N5O5/c1-5-11(2)15(30-21(36)17(25)27)22(37)32-10-13-14(24(13,3)4)16(32)20(35)31-33(23(38)18(26)28)9-12-7-6-8-29-19(12)34/h11-18H,5-10H2,1-4H3,(H,29,34)(H,30,36)(H,31,35)/t11-,12-,13-,14-,15-,16-,17+,18+/m0/s1. The van der Waals surface area contributed by atoms with Crippen LogP contribution in [0.25, 0.3) is 0 Å². The molecule has 3 fully saturated rings. The summed E-state index contributed by atoms with van der Waals surface area (Å²) in [5.74, 6) is -5.43. The van der Waals surface area contributed by atoms with Gasteiger partial charge in [-0.25, -0.2) is 13.8 Å². The van der Waals surface area contributed by atoms with Crippen molar-refractivity contribution in [2.24, 2.45) is 29.1 Å². The molecule has 0 unspecified atom stereocenters. The van der Waals surface area contributed by atoms with Crippen LogP contribution in [0.5, 0.6) is 0 Å². The maximum Gasteiger partial charge on any atom is 0.291 e. The summed E-state index contributed by atoms with van der Waals surface area (Å²) in [4.78, 5) is 65.3. The summed E-state index contributed by atoms with van der Waals surface area (Å²) in [6, 6.07) is -2.19. The number of halogens is 4. The van der Waals surface area contributed by atoms with Crippen LogP contribution in [0.4, 0.5) is 8.78 Å². The highest BCUT2D eigenvalue weighted by molar-refractivity contribution is 6.30. The van der Waals surface area contributed by atoms with E-state index in [9.17, 15) is 32.8 Å². The molecular weight excluding hydrogens is 547 g/mol. The molecule has 0 aromatic heterocycles. The monoisotopic (exact) mass is 581 g/mol. The van der Waals surface area contributed by atoms with E-state index < -0.39 is 58.8 Å². The third kappa shape index (κ3) is 6.16. The SMILES string of the molecule is CC[C@H](C)[C@H](NC(=O)[C@@H](F)Cl)C(=O)N1C[C@H]2[C@@H]([C@H]1C(=O)NN(C[C@@H]1CCCNC1=O)C(=O)[C@@H](F)Cl)C2(C)C. The number of amides is 5. The predicted octanol–water partition coefficient (Wildman–Crippen LogP) is 1.46. The number of hydrazine groups is 1. The minimum Gasteiger partial charge on any atom is -0.356 e. The molecule has 2 saturated heterocycles. The highest BCUT2D eigenvalue weighted by Crippen LogP contribution is 2.65. The molecule has 214 valence electrons. The first-order valence-corrected chi connectivity index (χ1v) is 13.7. The molecule has 3 N–H and O–H groups in total. The summed E-state index contributed by atoms with van der Waals surface area (Å²) < 4.78 is 27.2. The Morgan fingerprint density at radius 2 is 1.87 bits per heavy atom. The first-order chi connectivity index (χ1) is 17.7. The fourth-order valence-corrected chi connectivity index (χ4v) is 5.81. The number of likely N-dealkylation sites (tertiary alicyclic amines) is 1. The van der Waals surface area contributed by atoms with Crippen LogP contribution in [0.2, 0.25) is 0 Å². The Kier molecular flexibility index (Phi) is 9.49. The summed E-state index contributed by atoms with van der Waals surface area (Å²) in [5.41, 5.74) is -2.69. The maximum absolute atomic E-state index is 13.8. The lowest BCUT2D eigenvalue weighted by molar-refractivity contribution is -0.151. The van der Waals surface area contributed by atoms with Gasteiger partial charge in [0.1, 0.15) is 12.1 Å². The van der Waals surface area contributed by atoms with E-state index in [0.29, 0.717) is 30.8 Å². The Hall–Kier alpha value is -2.21.